The van der Waals surface area contributed by atoms with Crippen molar-refractivity contribution in [3.8, 4) is 11.4 Å². The Hall–Kier alpha value is -4.74. The number of amides is 1. The summed E-state index contributed by atoms with van der Waals surface area (Å²) in [6, 6.07) is 19.5. The zero-order chi connectivity index (χ0) is 30.0. The number of carboxylic acid groups (broad SMARTS) is 1. The second-order valence-corrected chi connectivity index (χ2v) is 10.2. The first-order valence-corrected chi connectivity index (χ1v) is 13.6. The van der Waals surface area contributed by atoms with E-state index in [0.29, 0.717) is 22.2 Å². The topological polar surface area (TPSA) is 118 Å². The van der Waals surface area contributed by atoms with Crippen molar-refractivity contribution < 1.29 is 24.2 Å². The number of aryl methyl sites for hydroxylation is 1. The monoisotopic (exact) mass is 585 g/mol. The lowest BCUT2D eigenvalue weighted by atomic mass is 9.96. The number of carboxylic acids is 1. The van der Waals surface area contributed by atoms with Crippen molar-refractivity contribution in [3.63, 3.8) is 0 Å². The number of rotatable bonds is 9. The number of pyridine rings is 1. The largest absolute Gasteiger partial charge is 0.495 e. The number of aromatic carboxylic acids is 1. The molecule has 10 nitrogen and oxygen atoms in total. The van der Waals surface area contributed by atoms with E-state index in [2.05, 4.69) is 21.7 Å². The molecule has 0 bridgehead atoms. The van der Waals surface area contributed by atoms with Crippen LogP contribution in [0.15, 0.2) is 72.9 Å². The molecule has 4 aromatic rings. The standard InChI is InChI=1S/C31H31N5O5S/c1-18-15-22(19(2)35(18)25-11-6-5-9-21(25)30(38)39)29-28(23-10-7-8-14-32-23)34-31(42)36(29)20-12-13-26(41-4)24(16-20)33-27(37)17-40-3/h5-16,28-29H,17H2,1-4H3,(H,33,37)(H,34,42)(H,38,39)/t28-,29-/m1/s1. The van der Waals surface area contributed by atoms with Crippen molar-refractivity contribution in [1.82, 2.24) is 14.9 Å². The molecule has 0 aliphatic carbocycles. The van der Waals surface area contributed by atoms with Crippen LogP contribution in [0.4, 0.5) is 11.4 Å². The van der Waals surface area contributed by atoms with Crippen molar-refractivity contribution in [1.29, 1.82) is 0 Å². The summed E-state index contributed by atoms with van der Waals surface area (Å²) < 4.78 is 12.4. The van der Waals surface area contributed by atoms with Crippen LogP contribution in [0.5, 0.6) is 5.75 Å². The molecule has 216 valence electrons. The number of ether oxygens (including phenoxy) is 2. The van der Waals surface area contributed by atoms with Crippen LogP contribution in [0, 0.1) is 13.8 Å². The molecule has 2 aromatic heterocycles. The van der Waals surface area contributed by atoms with Crippen LogP contribution in [0.1, 0.15) is 45.1 Å². The van der Waals surface area contributed by atoms with Crippen LogP contribution < -0.4 is 20.3 Å². The van der Waals surface area contributed by atoms with E-state index in [4.69, 9.17) is 21.7 Å². The van der Waals surface area contributed by atoms with Gasteiger partial charge in [0.25, 0.3) is 0 Å². The maximum Gasteiger partial charge on any atom is 0.337 e. The Balaban J connectivity index is 1.67. The van der Waals surface area contributed by atoms with Gasteiger partial charge in [-0.3, -0.25) is 9.78 Å². The van der Waals surface area contributed by atoms with Gasteiger partial charge in [-0.25, -0.2) is 4.79 Å². The molecule has 2 atom stereocenters. The van der Waals surface area contributed by atoms with Gasteiger partial charge in [-0.2, -0.15) is 0 Å². The third-order valence-corrected chi connectivity index (χ3v) is 7.59. The minimum Gasteiger partial charge on any atom is -0.495 e. The number of para-hydroxylation sites is 1. The summed E-state index contributed by atoms with van der Waals surface area (Å²) in [4.78, 5) is 31.1. The van der Waals surface area contributed by atoms with Gasteiger partial charge < -0.3 is 34.7 Å². The fourth-order valence-electron chi connectivity index (χ4n) is 5.52. The molecule has 1 fully saturated rings. The summed E-state index contributed by atoms with van der Waals surface area (Å²) in [6.07, 6.45) is 1.74. The highest BCUT2D eigenvalue weighted by Gasteiger charge is 2.42. The Bertz CT molecular complexity index is 1650. The Labute approximate surface area is 248 Å². The summed E-state index contributed by atoms with van der Waals surface area (Å²) >= 11 is 5.91. The first-order chi connectivity index (χ1) is 20.2. The van der Waals surface area contributed by atoms with Crippen LogP contribution >= 0.6 is 12.2 Å². The van der Waals surface area contributed by atoms with E-state index < -0.39 is 5.97 Å². The second kappa shape index (κ2) is 12.0. The molecular weight excluding hydrogens is 554 g/mol. The van der Waals surface area contributed by atoms with E-state index in [0.717, 1.165) is 28.3 Å². The minimum atomic E-state index is -1.00. The lowest BCUT2D eigenvalue weighted by Crippen LogP contribution is -2.29. The van der Waals surface area contributed by atoms with Crippen LogP contribution in [0.2, 0.25) is 0 Å². The molecule has 0 saturated carbocycles. The van der Waals surface area contributed by atoms with Crippen LogP contribution in [-0.2, 0) is 9.53 Å². The van der Waals surface area contributed by atoms with Gasteiger partial charge in [0.1, 0.15) is 12.4 Å². The van der Waals surface area contributed by atoms with Gasteiger partial charge in [-0.1, -0.05) is 18.2 Å². The maximum absolute atomic E-state index is 12.4. The number of benzene rings is 2. The third kappa shape index (κ3) is 5.31. The molecule has 1 saturated heterocycles. The molecule has 1 aliphatic rings. The Morgan fingerprint density at radius 2 is 1.83 bits per heavy atom. The predicted molar refractivity (Wildman–Crippen MR) is 164 cm³/mol. The van der Waals surface area contributed by atoms with E-state index in [1.54, 1.807) is 30.5 Å². The molecule has 1 amide bonds. The highest BCUT2D eigenvalue weighted by Crippen LogP contribution is 2.45. The van der Waals surface area contributed by atoms with Crippen LogP contribution in [-0.4, -0.2) is 52.5 Å². The molecule has 3 N–H and O–H groups in total. The van der Waals surface area contributed by atoms with Gasteiger partial charge in [0.15, 0.2) is 5.11 Å². The number of hydrogen-bond acceptors (Lipinski definition) is 6. The number of aromatic nitrogens is 2. The van der Waals surface area contributed by atoms with Crippen molar-refractivity contribution >= 4 is 40.6 Å². The van der Waals surface area contributed by atoms with Crippen molar-refractivity contribution in [2.24, 2.45) is 0 Å². The zero-order valence-corrected chi connectivity index (χ0v) is 24.4. The molecule has 11 heteroatoms. The molecule has 1 aliphatic heterocycles. The van der Waals surface area contributed by atoms with E-state index in [1.807, 2.05) is 59.7 Å². The summed E-state index contributed by atoms with van der Waals surface area (Å²) in [5.74, 6) is -0.834. The molecule has 0 unspecified atom stereocenters. The van der Waals surface area contributed by atoms with E-state index >= 15 is 0 Å². The third-order valence-electron chi connectivity index (χ3n) is 7.27. The zero-order valence-electron chi connectivity index (χ0n) is 23.6. The first-order valence-electron chi connectivity index (χ1n) is 13.2. The SMILES string of the molecule is COCC(=O)Nc1cc(N2C(=S)N[C@H](c3ccccn3)[C@H]2c2cc(C)n(-c3ccccc3C(=O)O)c2C)ccc1OC. The van der Waals surface area contributed by atoms with Gasteiger partial charge in [0.2, 0.25) is 5.91 Å². The Morgan fingerprint density at radius 1 is 1.07 bits per heavy atom. The molecular formula is C31H31N5O5S. The van der Waals surface area contributed by atoms with Crippen molar-refractivity contribution in [2.75, 3.05) is 31.0 Å². The fourth-order valence-corrected chi connectivity index (χ4v) is 5.86. The number of hydrogen-bond donors (Lipinski definition) is 3. The second-order valence-electron chi connectivity index (χ2n) is 9.85. The molecule has 42 heavy (non-hydrogen) atoms. The van der Waals surface area contributed by atoms with E-state index in [9.17, 15) is 14.7 Å². The normalized spacial score (nSPS) is 16.3. The van der Waals surface area contributed by atoms with Crippen LogP contribution in [0.3, 0.4) is 0 Å². The number of thiocarbonyl (C=S) groups is 1. The summed E-state index contributed by atoms with van der Waals surface area (Å²) in [7, 11) is 2.99. The number of methoxy groups -OCH3 is 2. The number of carbonyl (C=O) groups is 2. The molecule has 0 radical (unpaired) electrons. The summed E-state index contributed by atoms with van der Waals surface area (Å²) in [6.45, 7) is 3.82. The number of carbonyl (C=O) groups excluding carboxylic acids is 1. The lowest BCUT2D eigenvalue weighted by Gasteiger charge is -2.29. The quantitative estimate of drug-likeness (QED) is 0.234. The van der Waals surface area contributed by atoms with Gasteiger partial charge in [0, 0.05) is 30.4 Å². The van der Waals surface area contributed by atoms with Crippen molar-refractivity contribution in [2.45, 2.75) is 25.9 Å². The Morgan fingerprint density at radius 3 is 2.52 bits per heavy atom. The highest BCUT2D eigenvalue weighted by atomic mass is 32.1. The van der Waals surface area contributed by atoms with Gasteiger partial charge in [-0.05, 0) is 80.2 Å². The average molecular weight is 586 g/mol. The molecule has 5 rings (SSSR count). The average Bonchev–Trinajstić information content (AvgIpc) is 3.48. The molecule has 3 heterocycles. The summed E-state index contributed by atoms with van der Waals surface area (Å²) in [5.41, 5.74) is 5.45. The predicted octanol–water partition coefficient (Wildman–Crippen LogP) is 4.96. The highest BCUT2D eigenvalue weighted by molar-refractivity contribution is 7.80. The van der Waals surface area contributed by atoms with E-state index in [1.165, 1.54) is 14.2 Å². The van der Waals surface area contributed by atoms with Crippen LogP contribution in [0.25, 0.3) is 5.69 Å². The Kier molecular flexibility index (Phi) is 8.23. The fraction of sp³-hybridized carbons (Fsp3) is 0.226. The number of anilines is 2. The number of nitrogens with zero attached hydrogens (tertiary/aromatic N) is 3. The maximum atomic E-state index is 12.4. The first kappa shape index (κ1) is 28.8. The summed E-state index contributed by atoms with van der Waals surface area (Å²) in [5, 5.41) is 16.7. The smallest absolute Gasteiger partial charge is 0.337 e. The number of nitrogens with one attached hydrogen (secondary N) is 2. The minimum absolute atomic E-state index is 0.106. The van der Waals surface area contributed by atoms with Gasteiger partial charge in [-0.15, -0.1) is 0 Å². The molecule has 2 aromatic carbocycles. The van der Waals surface area contributed by atoms with Gasteiger partial charge >= 0.3 is 5.97 Å². The van der Waals surface area contributed by atoms with E-state index in [-0.39, 0.29) is 30.2 Å². The van der Waals surface area contributed by atoms with Crippen molar-refractivity contribution in [3.05, 3.63) is 101 Å². The molecule has 0 spiro atoms. The lowest BCUT2D eigenvalue weighted by molar-refractivity contribution is -0.119. The van der Waals surface area contributed by atoms with Gasteiger partial charge in [0.05, 0.1) is 41.8 Å².